The lowest BCUT2D eigenvalue weighted by Gasteiger charge is -2.35. The molecular weight excluding hydrogens is 478 g/mol. The van der Waals surface area contributed by atoms with Gasteiger partial charge in [-0.15, -0.1) is 0 Å². The van der Waals surface area contributed by atoms with E-state index in [2.05, 4.69) is 10.2 Å². The van der Waals surface area contributed by atoms with Crippen molar-refractivity contribution in [1.29, 1.82) is 0 Å². The zero-order chi connectivity index (χ0) is 25.7. The van der Waals surface area contributed by atoms with Crippen LogP contribution in [0.2, 0.25) is 5.02 Å². The number of hydrogen-bond acceptors (Lipinski definition) is 5. The molecule has 194 valence electrons. The Bertz CT molecular complexity index is 1050. The number of ether oxygens (including phenoxy) is 2. The molecule has 2 aromatic carbocycles. The predicted molar refractivity (Wildman–Crippen MR) is 142 cm³/mol. The Morgan fingerprint density at radius 2 is 1.81 bits per heavy atom. The van der Waals surface area contributed by atoms with Crippen molar-refractivity contribution in [3.05, 3.63) is 64.7 Å². The Labute approximate surface area is 218 Å². The Morgan fingerprint density at radius 1 is 1.08 bits per heavy atom. The standard InChI is InChI=1S/C28H36ClN3O4/c1-28(2,3)36-27(34)30-18-20-11-13-31(14-12-20)22-9-10-23(24(29)17-22)26(33)32-15-16-35-25(19-32)21-7-5-4-6-8-21/h4-10,17,20,25H,11-16,18-19H2,1-3H3,(H,30,34). The van der Waals surface area contributed by atoms with Crippen molar-refractivity contribution in [2.24, 2.45) is 5.92 Å². The van der Waals surface area contributed by atoms with E-state index in [1.807, 2.05) is 74.2 Å². The van der Waals surface area contributed by atoms with Crippen molar-refractivity contribution in [3.63, 3.8) is 0 Å². The molecule has 1 atom stereocenters. The van der Waals surface area contributed by atoms with Gasteiger partial charge in [-0.3, -0.25) is 4.79 Å². The Kier molecular flexibility index (Phi) is 8.42. The van der Waals surface area contributed by atoms with E-state index in [0.29, 0.717) is 42.7 Å². The molecule has 0 radical (unpaired) electrons. The van der Waals surface area contributed by atoms with Crippen LogP contribution in [-0.2, 0) is 9.47 Å². The minimum Gasteiger partial charge on any atom is -0.444 e. The van der Waals surface area contributed by atoms with Gasteiger partial charge in [-0.2, -0.15) is 0 Å². The number of piperidine rings is 1. The van der Waals surface area contributed by atoms with Crippen molar-refractivity contribution >= 4 is 29.3 Å². The number of amides is 2. The maximum absolute atomic E-state index is 13.3. The lowest BCUT2D eigenvalue weighted by molar-refractivity contribution is -0.0228. The van der Waals surface area contributed by atoms with Gasteiger partial charge in [0.15, 0.2) is 0 Å². The largest absolute Gasteiger partial charge is 0.444 e. The summed E-state index contributed by atoms with van der Waals surface area (Å²) in [6.07, 6.45) is 1.42. The van der Waals surface area contributed by atoms with Gasteiger partial charge in [0.05, 0.1) is 23.7 Å². The zero-order valence-corrected chi connectivity index (χ0v) is 22.1. The van der Waals surface area contributed by atoms with Crippen LogP contribution < -0.4 is 10.2 Å². The van der Waals surface area contributed by atoms with Gasteiger partial charge >= 0.3 is 6.09 Å². The average molecular weight is 514 g/mol. The molecule has 4 rings (SSSR count). The number of hydrogen-bond donors (Lipinski definition) is 1. The predicted octanol–water partition coefficient (Wildman–Crippen LogP) is 5.29. The second kappa shape index (κ2) is 11.5. The second-order valence-electron chi connectivity index (χ2n) is 10.5. The quantitative estimate of drug-likeness (QED) is 0.588. The van der Waals surface area contributed by atoms with E-state index in [4.69, 9.17) is 21.1 Å². The van der Waals surface area contributed by atoms with Crippen LogP contribution in [0.3, 0.4) is 0 Å². The third-order valence-electron chi connectivity index (χ3n) is 6.62. The highest BCUT2D eigenvalue weighted by atomic mass is 35.5. The third-order valence-corrected chi connectivity index (χ3v) is 6.93. The van der Waals surface area contributed by atoms with Gasteiger partial charge in [0.25, 0.3) is 5.91 Å². The minimum atomic E-state index is -0.494. The first-order valence-corrected chi connectivity index (χ1v) is 13.0. The Morgan fingerprint density at radius 3 is 2.47 bits per heavy atom. The molecule has 7 nitrogen and oxygen atoms in total. The molecule has 0 saturated carbocycles. The fourth-order valence-corrected chi connectivity index (χ4v) is 4.94. The van der Waals surface area contributed by atoms with Crippen molar-refractivity contribution < 1.29 is 19.1 Å². The summed E-state index contributed by atoms with van der Waals surface area (Å²) in [6.45, 7) is 9.47. The zero-order valence-electron chi connectivity index (χ0n) is 21.3. The van der Waals surface area contributed by atoms with Gasteiger partial charge in [-0.1, -0.05) is 41.9 Å². The van der Waals surface area contributed by atoms with Crippen LogP contribution in [0.25, 0.3) is 0 Å². The summed E-state index contributed by atoms with van der Waals surface area (Å²) in [7, 11) is 0. The lowest BCUT2D eigenvalue weighted by atomic mass is 9.96. The van der Waals surface area contributed by atoms with Crippen molar-refractivity contribution in [2.75, 3.05) is 44.2 Å². The number of anilines is 1. The molecule has 2 aliphatic rings. The normalized spacial score (nSPS) is 19.2. The van der Waals surface area contributed by atoms with Gasteiger partial charge in [0.1, 0.15) is 11.7 Å². The molecule has 0 bridgehead atoms. The molecule has 2 aromatic rings. The molecule has 2 amide bonds. The number of nitrogens with one attached hydrogen (secondary N) is 1. The fraction of sp³-hybridized carbons (Fsp3) is 0.500. The van der Waals surface area contributed by atoms with Crippen molar-refractivity contribution in [3.8, 4) is 0 Å². The van der Waals surface area contributed by atoms with Crippen LogP contribution in [0.4, 0.5) is 10.5 Å². The van der Waals surface area contributed by atoms with Crippen LogP contribution in [0, 0.1) is 5.92 Å². The Hall–Kier alpha value is -2.77. The fourth-order valence-electron chi connectivity index (χ4n) is 4.68. The number of carbonyl (C=O) groups excluding carboxylic acids is 2. The first-order valence-electron chi connectivity index (χ1n) is 12.7. The van der Waals surface area contributed by atoms with Gasteiger partial charge in [0.2, 0.25) is 0 Å². The number of alkyl carbamates (subject to hydrolysis) is 1. The summed E-state index contributed by atoms with van der Waals surface area (Å²) in [5.41, 5.74) is 2.11. The van der Waals surface area contributed by atoms with E-state index in [1.165, 1.54) is 0 Å². The van der Waals surface area contributed by atoms with Crippen molar-refractivity contribution in [1.82, 2.24) is 10.2 Å². The molecule has 8 heteroatoms. The SMILES string of the molecule is CC(C)(C)OC(=O)NCC1CCN(c2ccc(C(=O)N3CCOC(c4ccccc4)C3)c(Cl)c2)CC1. The molecule has 0 aliphatic carbocycles. The topological polar surface area (TPSA) is 71.1 Å². The van der Waals surface area contributed by atoms with Gasteiger partial charge in [0, 0.05) is 31.9 Å². The molecule has 2 aliphatic heterocycles. The number of carbonyl (C=O) groups is 2. The molecule has 0 aromatic heterocycles. The van der Waals surface area contributed by atoms with Crippen LogP contribution >= 0.6 is 11.6 Å². The minimum absolute atomic E-state index is 0.0669. The summed E-state index contributed by atoms with van der Waals surface area (Å²) in [4.78, 5) is 29.3. The molecule has 1 N–H and O–H groups in total. The van der Waals surface area contributed by atoms with Crippen molar-refractivity contribution in [2.45, 2.75) is 45.3 Å². The van der Waals surface area contributed by atoms with E-state index in [9.17, 15) is 9.59 Å². The Balaban J connectivity index is 1.30. The van der Waals surface area contributed by atoms with Crippen LogP contribution in [0.5, 0.6) is 0 Å². The molecule has 2 heterocycles. The monoisotopic (exact) mass is 513 g/mol. The van der Waals surface area contributed by atoms with E-state index in [0.717, 1.165) is 37.2 Å². The van der Waals surface area contributed by atoms with Crippen LogP contribution in [-0.4, -0.2) is 61.8 Å². The van der Waals surface area contributed by atoms with E-state index in [-0.39, 0.29) is 18.1 Å². The van der Waals surface area contributed by atoms with Gasteiger partial charge < -0.3 is 24.6 Å². The number of morpholine rings is 1. The summed E-state index contributed by atoms with van der Waals surface area (Å²) in [6, 6.07) is 15.7. The summed E-state index contributed by atoms with van der Waals surface area (Å²) in [5, 5.41) is 3.35. The number of rotatable bonds is 5. The third kappa shape index (κ3) is 6.92. The highest BCUT2D eigenvalue weighted by Gasteiger charge is 2.28. The second-order valence-corrected chi connectivity index (χ2v) is 10.9. The van der Waals surface area contributed by atoms with E-state index in [1.54, 1.807) is 0 Å². The molecule has 1 unspecified atom stereocenters. The highest BCUT2D eigenvalue weighted by Crippen LogP contribution is 2.30. The molecule has 2 saturated heterocycles. The van der Waals surface area contributed by atoms with Crippen LogP contribution in [0.15, 0.2) is 48.5 Å². The molecule has 36 heavy (non-hydrogen) atoms. The van der Waals surface area contributed by atoms with Gasteiger partial charge in [-0.05, 0) is 63.3 Å². The first-order chi connectivity index (χ1) is 17.2. The smallest absolute Gasteiger partial charge is 0.407 e. The average Bonchev–Trinajstić information content (AvgIpc) is 2.87. The molecule has 2 fully saturated rings. The number of halogens is 1. The summed E-state index contributed by atoms with van der Waals surface area (Å²) < 4.78 is 11.2. The number of benzene rings is 2. The van der Waals surface area contributed by atoms with Gasteiger partial charge in [-0.25, -0.2) is 4.79 Å². The highest BCUT2D eigenvalue weighted by molar-refractivity contribution is 6.34. The van der Waals surface area contributed by atoms with Crippen LogP contribution in [0.1, 0.15) is 55.6 Å². The maximum atomic E-state index is 13.3. The van der Waals surface area contributed by atoms with E-state index >= 15 is 0 Å². The lowest BCUT2D eigenvalue weighted by Crippen LogP contribution is -2.42. The molecular formula is C28H36ClN3O4. The number of nitrogens with zero attached hydrogens (tertiary/aromatic N) is 2. The first kappa shape index (κ1) is 26.3. The summed E-state index contributed by atoms with van der Waals surface area (Å²) in [5.74, 6) is 0.340. The summed E-state index contributed by atoms with van der Waals surface area (Å²) >= 11 is 6.62. The maximum Gasteiger partial charge on any atom is 0.407 e. The molecule has 0 spiro atoms. The van der Waals surface area contributed by atoms with E-state index < -0.39 is 5.60 Å².